The van der Waals surface area contributed by atoms with Crippen molar-refractivity contribution >= 4 is 28.5 Å². The molecule has 0 radical (unpaired) electrons. The van der Waals surface area contributed by atoms with Gasteiger partial charge in [-0.2, -0.15) is 0 Å². The molecule has 2 rings (SSSR count). The van der Waals surface area contributed by atoms with Crippen LogP contribution in [-0.4, -0.2) is 22.7 Å². The van der Waals surface area contributed by atoms with Crippen molar-refractivity contribution in [3.63, 3.8) is 0 Å². The van der Waals surface area contributed by atoms with Crippen molar-refractivity contribution in [1.29, 1.82) is 0 Å². The summed E-state index contributed by atoms with van der Waals surface area (Å²) in [5, 5.41) is 12.2. The first-order valence-electron chi connectivity index (χ1n) is 8.26. The lowest BCUT2D eigenvalue weighted by Gasteiger charge is -2.08. The van der Waals surface area contributed by atoms with Gasteiger partial charge in [-0.05, 0) is 25.0 Å². The Balaban J connectivity index is 1.95. The van der Waals surface area contributed by atoms with E-state index >= 15 is 0 Å². The van der Waals surface area contributed by atoms with Crippen molar-refractivity contribution < 1.29 is 9.53 Å². The molecule has 1 aromatic heterocycles. The fourth-order valence-corrected chi connectivity index (χ4v) is 2.85. The summed E-state index contributed by atoms with van der Waals surface area (Å²) in [6.07, 6.45) is 7.23. The van der Waals surface area contributed by atoms with Gasteiger partial charge in [0.2, 0.25) is 11.0 Å². The van der Waals surface area contributed by atoms with Crippen molar-refractivity contribution in [2.75, 3.05) is 11.9 Å². The minimum atomic E-state index is -0.224. The number of aryl methyl sites for hydroxylation is 1. The standard InChI is InChI=1S/C18H23N3O2S/c1-3-5-13-23-15-10-7-6-9-14(15)11-12-16(22)19-18-21-20-17(24-18)8-4-2/h6-7,9-12H,3-5,8,13H2,1-2H3,(H,19,21,22)/b12-11+. The van der Waals surface area contributed by atoms with E-state index in [4.69, 9.17) is 4.74 Å². The Morgan fingerprint density at radius 2 is 2.08 bits per heavy atom. The van der Waals surface area contributed by atoms with Crippen LogP contribution in [0.25, 0.3) is 6.08 Å². The van der Waals surface area contributed by atoms with Crippen LogP contribution in [0.5, 0.6) is 5.75 Å². The third kappa shape index (κ3) is 5.77. The van der Waals surface area contributed by atoms with Crippen LogP contribution in [0.1, 0.15) is 43.7 Å². The first kappa shape index (κ1) is 18.1. The van der Waals surface area contributed by atoms with Crippen LogP contribution in [-0.2, 0) is 11.2 Å². The van der Waals surface area contributed by atoms with Crippen molar-refractivity contribution in [3.8, 4) is 5.75 Å². The van der Waals surface area contributed by atoms with Gasteiger partial charge in [-0.1, -0.05) is 49.8 Å². The predicted molar refractivity (Wildman–Crippen MR) is 98.4 cm³/mol. The maximum absolute atomic E-state index is 12.0. The van der Waals surface area contributed by atoms with E-state index in [0.717, 1.165) is 42.0 Å². The third-order valence-electron chi connectivity index (χ3n) is 3.25. The number of carbonyl (C=O) groups is 1. The van der Waals surface area contributed by atoms with Crippen molar-refractivity contribution in [1.82, 2.24) is 10.2 Å². The molecule has 0 spiro atoms. The number of hydrogen-bond acceptors (Lipinski definition) is 5. The summed E-state index contributed by atoms with van der Waals surface area (Å²) >= 11 is 1.41. The van der Waals surface area contributed by atoms with E-state index in [1.54, 1.807) is 6.08 Å². The molecule has 1 N–H and O–H groups in total. The molecule has 0 aliphatic heterocycles. The highest BCUT2D eigenvalue weighted by Crippen LogP contribution is 2.20. The Morgan fingerprint density at radius 1 is 1.25 bits per heavy atom. The van der Waals surface area contributed by atoms with Crippen LogP contribution >= 0.6 is 11.3 Å². The van der Waals surface area contributed by atoms with Crippen LogP contribution in [0.15, 0.2) is 30.3 Å². The summed E-state index contributed by atoms with van der Waals surface area (Å²) in [7, 11) is 0. The fourth-order valence-electron chi connectivity index (χ4n) is 2.01. The van der Waals surface area contributed by atoms with Crippen molar-refractivity contribution in [2.45, 2.75) is 39.5 Å². The Kier molecular flexibility index (Phi) is 7.42. The maximum atomic E-state index is 12.0. The normalized spacial score (nSPS) is 10.9. The number of nitrogens with one attached hydrogen (secondary N) is 1. The number of hydrogen-bond donors (Lipinski definition) is 1. The molecule has 0 saturated carbocycles. The summed E-state index contributed by atoms with van der Waals surface area (Å²) in [6, 6.07) is 7.69. The van der Waals surface area contributed by atoms with Gasteiger partial charge in [0.15, 0.2) is 0 Å². The summed E-state index contributed by atoms with van der Waals surface area (Å²) in [5.74, 6) is 0.564. The number of anilines is 1. The van der Waals surface area contributed by atoms with Gasteiger partial charge in [0, 0.05) is 18.1 Å². The van der Waals surface area contributed by atoms with Crippen LogP contribution in [0.2, 0.25) is 0 Å². The molecule has 0 aliphatic rings. The Hall–Kier alpha value is -2.21. The summed E-state index contributed by atoms with van der Waals surface area (Å²) in [4.78, 5) is 12.0. The molecule has 6 heteroatoms. The van der Waals surface area contributed by atoms with E-state index in [2.05, 4.69) is 29.4 Å². The minimum Gasteiger partial charge on any atom is -0.493 e. The number of carbonyl (C=O) groups excluding carboxylic acids is 1. The summed E-state index contributed by atoms with van der Waals surface area (Å²) in [5.41, 5.74) is 0.882. The average molecular weight is 345 g/mol. The number of amides is 1. The molecule has 0 aliphatic carbocycles. The lowest BCUT2D eigenvalue weighted by molar-refractivity contribution is -0.111. The number of aromatic nitrogens is 2. The summed E-state index contributed by atoms with van der Waals surface area (Å²) < 4.78 is 5.76. The molecule has 1 heterocycles. The maximum Gasteiger partial charge on any atom is 0.250 e. The van der Waals surface area contributed by atoms with E-state index in [0.29, 0.717) is 11.7 Å². The zero-order valence-corrected chi connectivity index (χ0v) is 14.9. The number of unbranched alkanes of at least 4 members (excludes halogenated alkanes) is 1. The number of ether oxygens (including phenoxy) is 1. The first-order valence-corrected chi connectivity index (χ1v) is 9.07. The number of benzene rings is 1. The molecular weight excluding hydrogens is 322 g/mol. The molecule has 1 aromatic carbocycles. The number of nitrogens with zero attached hydrogens (tertiary/aromatic N) is 2. The second-order valence-corrected chi connectivity index (χ2v) is 6.38. The lowest BCUT2D eigenvalue weighted by Crippen LogP contribution is -2.07. The molecule has 0 saturated heterocycles. The van der Waals surface area contributed by atoms with Gasteiger partial charge >= 0.3 is 0 Å². The molecule has 0 atom stereocenters. The topological polar surface area (TPSA) is 64.1 Å². The predicted octanol–water partition coefficient (Wildman–Crippen LogP) is 4.32. The quantitative estimate of drug-likeness (QED) is 0.543. The van der Waals surface area contributed by atoms with Gasteiger partial charge in [0.25, 0.3) is 0 Å². The zero-order valence-electron chi connectivity index (χ0n) is 14.1. The molecule has 24 heavy (non-hydrogen) atoms. The Morgan fingerprint density at radius 3 is 2.88 bits per heavy atom. The largest absolute Gasteiger partial charge is 0.493 e. The molecule has 0 bridgehead atoms. The Labute approximate surface area is 146 Å². The first-order chi connectivity index (χ1) is 11.7. The fraction of sp³-hybridized carbons (Fsp3) is 0.389. The smallest absolute Gasteiger partial charge is 0.250 e. The number of para-hydroxylation sites is 1. The monoisotopic (exact) mass is 345 g/mol. The molecule has 0 fully saturated rings. The van der Waals surface area contributed by atoms with Crippen LogP contribution in [0.3, 0.4) is 0 Å². The lowest BCUT2D eigenvalue weighted by atomic mass is 10.2. The second kappa shape index (κ2) is 9.82. The summed E-state index contributed by atoms with van der Waals surface area (Å²) in [6.45, 7) is 4.89. The van der Waals surface area contributed by atoms with E-state index in [9.17, 15) is 4.79 Å². The van der Waals surface area contributed by atoms with Crippen LogP contribution in [0.4, 0.5) is 5.13 Å². The second-order valence-electron chi connectivity index (χ2n) is 5.31. The van der Waals surface area contributed by atoms with E-state index in [1.807, 2.05) is 24.3 Å². The SMILES string of the molecule is CCCCOc1ccccc1/C=C/C(=O)Nc1nnc(CCC)s1. The van der Waals surface area contributed by atoms with Crippen molar-refractivity contribution in [2.24, 2.45) is 0 Å². The highest BCUT2D eigenvalue weighted by atomic mass is 32.1. The van der Waals surface area contributed by atoms with Gasteiger partial charge in [0.05, 0.1) is 6.61 Å². The van der Waals surface area contributed by atoms with Gasteiger partial charge in [0.1, 0.15) is 10.8 Å². The highest BCUT2D eigenvalue weighted by molar-refractivity contribution is 7.15. The van der Waals surface area contributed by atoms with Crippen molar-refractivity contribution in [3.05, 3.63) is 40.9 Å². The van der Waals surface area contributed by atoms with E-state index < -0.39 is 0 Å². The molecule has 5 nitrogen and oxygen atoms in total. The highest BCUT2D eigenvalue weighted by Gasteiger charge is 2.06. The van der Waals surface area contributed by atoms with E-state index in [-0.39, 0.29) is 5.91 Å². The van der Waals surface area contributed by atoms with Gasteiger partial charge in [-0.25, -0.2) is 0 Å². The molecular formula is C18H23N3O2S. The molecule has 128 valence electrons. The number of rotatable bonds is 9. The molecule has 2 aromatic rings. The van der Waals surface area contributed by atoms with Crippen LogP contribution < -0.4 is 10.1 Å². The van der Waals surface area contributed by atoms with Gasteiger partial charge in [-0.15, -0.1) is 10.2 Å². The van der Waals surface area contributed by atoms with E-state index in [1.165, 1.54) is 17.4 Å². The van der Waals surface area contributed by atoms with Gasteiger partial charge in [-0.3, -0.25) is 10.1 Å². The minimum absolute atomic E-state index is 0.224. The van der Waals surface area contributed by atoms with Crippen LogP contribution in [0, 0.1) is 0 Å². The average Bonchev–Trinajstić information content (AvgIpc) is 3.01. The molecule has 0 unspecified atom stereocenters. The third-order valence-corrected chi connectivity index (χ3v) is 4.15. The molecule has 1 amide bonds. The Bertz CT molecular complexity index is 682. The zero-order chi connectivity index (χ0) is 17.2. The van der Waals surface area contributed by atoms with Gasteiger partial charge < -0.3 is 4.74 Å².